The molecule has 2 atom stereocenters. The number of fused-ring (bicyclic) bond motifs is 1. The molecule has 0 unspecified atom stereocenters. The largest absolute Gasteiger partial charge is 0.493 e. The maximum absolute atomic E-state index is 12.6. The second-order valence-corrected chi connectivity index (χ2v) is 9.01. The van der Waals surface area contributed by atoms with Crippen molar-refractivity contribution in [3.8, 4) is 5.75 Å². The lowest BCUT2D eigenvalue weighted by molar-refractivity contribution is -0.141. The van der Waals surface area contributed by atoms with Crippen LogP contribution < -0.4 is 21.5 Å². The molecular weight excluding hydrogens is 495 g/mol. The number of carboxylic acids is 1. The van der Waals surface area contributed by atoms with Gasteiger partial charge in [0, 0.05) is 19.4 Å². The smallest absolute Gasteiger partial charge is 0.308 e. The molecule has 0 spiro atoms. The van der Waals surface area contributed by atoms with E-state index in [9.17, 15) is 19.5 Å². The fraction of sp³-hybridized carbons (Fsp3) is 0.333. The third kappa shape index (κ3) is 7.10. The van der Waals surface area contributed by atoms with Gasteiger partial charge in [-0.2, -0.15) is 0 Å². The molecule has 9 nitrogen and oxygen atoms in total. The lowest BCUT2D eigenvalue weighted by Gasteiger charge is -2.26. The van der Waals surface area contributed by atoms with Crippen LogP contribution in [-0.2, 0) is 9.59 Å². The van der Waals surface area contributed by atoms with Gasteiger partial charge in [0.25, 0.3) is 0 Å². The van der Waals surface area contributed by atoms with Crippen molar-refractivity contribution in [1.29, 1.82) is 0 Å². The Morgan fingerprint density at radius 1 is 1.17 bits per heavy atom. The first-order chi connectivity index (χ1) is 16.7. The fourth-order valence-electron chi connectivity index (χ4n) is 3.94. The normalized spacial score (nSPS) is 15.3. The van der Waals surface area contributed by atoms with Gasteiger partial charge in [-0.1, -0.05) is 29.3 Å². The molecular formula is C24H26Cl2N4O5. The molecule has 6 N–H and O–H groups in total. The molecule has 0 radical (unpaired) electrons. The van der Waals surface area contributed by atoms with Crippen LogP contribution in [0.25, 0.3) is 0 Å². The van der Waals surface area contributed by atoms with Gasteiger partial charge in [0.2, 0.25) is 5.91 Å². The average Bonchev–Trinajstić information content (AvgIpc) is 2.79. The number of ether oxygens (including phenoxy) is 1. The monoisotopic (exact) mass is 520 g/mol. The van der Waals surface area contributed by atoms with Crippen molar-refractivity contribution in [3.63, 3.8) is 0 Å². The summed E-state index contributed by atoms with van der Waals surface area (Å²) in [7, 11) is 0. The zero-order valence-corrected chi connectivity index (χ0v) is 20.3. The molecule has 0 bridgehead atoms. The van der Waals surface area contributed by atoms with Crippen LogP contribution in [-0.4, -0.2) is 41.9 Å². The van der Waals surface area contributed by atoms with Crippen molar-refractivity contribution in [2.75, 3.05) is 13.2 Å². The molecule has 1 amide bonds. The number of halogens is 2. The van der Waals surface area contributed by atoms with E-state index in [1.54, 1.807) is 18.2 Å². The molecule has 0 aromatic heterocycles. The molecule has 2 aromatic carbocycles. The van der Waals surface area contributed by atoms with Gasteiger partial charge in [-0.3, -0.25) is 14.4 Å². The van der Waals surface area contributed by atoms with Gasteiger partial charge in [0.15, 0.2) is 11.7 Å². The van der Waals surface area contributed by atoms with Gasteiger partial charge in [-0.05, 0) is 54.7 Å². The van der Waals surface area contributed by atoms with Gasteiger partial charge in [0.05, 0.1) is 33.8 Å². The Kier molecular flexibility index (Phi) is 8.95. The molecule has 35 heavy (non-hydrogen) atoms. The van der Waals surface area contributed by atoms with Crippen LogP contribution in [0.5, 0.6) is 5.75 Å². The Hall–Kier alpha value is -3.30. The summed E-state index contributed by atoms with van der Waals surface area (Å²) in [6.07, 6.45) is 1.07. The summed E-state index contributed by atoms with van der Waals surface area (Å²) >= 11 is 12.1. The number of benzene rings is 2. The number of ketones is 1. The number of aliphatic carboxylic acids is 1. The number of carbonyl (C=O) groups is 3. The predicted octanol–water partition coefficient (Wildman–Crippen LogP) is 3.63. The minimum atomic E-state index is -1.20. The first-order valence-electron chi connectivity index (χ1n) is 11.0. The Labute approximate surface area is 212 Å². The Morgan fingerprint density at radius 3 is 2.54 bits per heavy atom. The van der Waals surface area contributed by atoms with Gasteiger partial charge in [-0.15, -0.1) is 0 Å². The maximum Gasteiger partial charge on any atom is 0.308 e. The highest BCUT2D eigenvalue weighted by molar-refractivity contribution is 6.39. The molecule has 1 aliphatic heterocycles. The maximum atomic E-state index is 12.6. The first-order valence-corrected chi connectivity index (χ1v) is 11.7. The van der Waals surface area contributed by atoms with E-state index < -0.39 is 17.7 Å². The summed E-state index contributed by atoms with van der Waals surface area (Å²) in [6, 6.07) is 9.98. The van der Waals surface area contributed by atoms with E-state index in [0.717, 1.165) is 17.7 Å². The number of Topliss-reactive ketones (excluding diaryl/α,β-unsaturated/α-hetero) is 1. The average molecular weight is 521 g/mol. The van der Waals surface area contributed by atoms with Crippen molar-refractivity contribution >= 4 is 52.5 Å². The number of guanidine groups is 1. The van der Waals surface area contributed by atoms with Gasteiger partial charge in [-0.25, -0.2) is 4.99 Å². The number of nitrogens with zero attached hydrogens (tertiary/aromatic N) is 1. The minimum Gasteiger partial charge on any atom is -0.493 e. The standard InChI is InChI=1S/C24H26Cl2N4O5/c25-17-2-1-3-18(26)22(17)19(31)10-14(23(33)34)12-29-21(32)7-4-13-8-9-35-20-6-5-15(11-16(13)20)30-24(27)28/h1-3,5-6,11,13-14H,4,7-10,12H2,(H,29,32)(H,33,34)(H4,27,28,30)/t13-,14-/m0/s1. The molecule has 11 heteroatoms. The highest BCUT2D eigenvalue weighted by Gasteiger charge is 2.26. The summed E-state index contributed by atoms with van der Waals surface area (Å²) in [5, 5.41) is 12.5. The molecule has 0 aliphatic carbocycles. The molecule has 186 valence electrons. The van der Waals surface area contributed by atoms with Gasteiger partial charge >= 0.3 is 5.97 Å². The van der Waals surface area contributed by atoms with Crippen LogP contribution in [0.1, 0.15) is 47.5 Å². The minimum absolute atomic E-state index is 0.0536. The van der Waals surface area contributed by atoms with E-state index >= 15 is 0 Å². The number of carboxylic acid groups (broad SMARTS) is 1. The van der Waals surface area contributed by atoms with Crippen LogP contribution in [0, 0.1) is 5.92 Å². The third-order valence-electron chi connectivity index (χ3n) is 5.70. The second-order valence-electron chi connectivity index (χ2n) is 8.19. The van der Waals surface area contributed by atoms with Crippen LogP contribution in [0.3, 0.4) is 0 Å². The summed E-state index contributed by atoms with van der Waals surface area (Å²) in [5.41, 5.74) is 12.5. The van der Waals surface area contributed by atoms with Crippen molar-refractivity contribution < 1.29 is 24.2 Å². The Bertz CT molecular complexity index is 1130. The molecule has 1 aliphatic rings. The number of amides is 1. The highest BCUT2D eigenvalue weighted by Crippen LogP contribution is 2.38. The summed E-state index contributed by atoms with van der Waals surface area (Å²) in [4.78, 5) is 40.8. The summed E-state index contributed by atoms with van der Waals surface area (Å²) < 4.78 is 5.69. The van der Waals surface area contributed by atoms with E-state index in [1.165, 1.54) is 12.1 Å². The van der Waals surface area contributed by atoms with Gasteiger partial charge in [0.1, 0.15) is 5.75 Å². The highest BCUT2D eigenvalue weighted by atomic mass is 35.5. The van der Waals surface area contributed by atoms with Crippen molar-refractivity contribution in [2.45, 2.75) is 31.6 Å². The number of rotatable bonds is 10. The predicted molar refractivity (Wildman–Crippen MR) is 134 cm³/mol. The fourth-order valence-corrected chi connectivity index (χ4v) is 4.55. The molecule has 0 saturated heterocycles. The number of carbonyl (C=O) groups excluding carboxylic acids is 2. The summed E-state index contributed by atoms with van der Waals surface area (Å²) in [5.74, 6) is -2.42. The topological polar surface area (TPSA) is 157 Å². The lowest BCUT2D eigenvalue weighted by atomic mass is 9.88. The molecule has 0 saturated carbocycles. The van der Waals surface area contributed by atoms with Crippen molar-refractivity contribution in [2.24, 2.45) is 22.4 Å². The van der Waals surface area contributed by atoms with E-state index in [2.05, 4.69) is 10.3 Å². The summed E-state index contributed by atoms with van der Waals surface area (Å²) in [6.45, 7) is 0.329. The van der Waals surface area contributed by atoms with Crippen LogP contribution in [0.4, 0.5) is 5.69 Å². The second kappa shape index (κ2) is 11.9. The number of hydrogen-bond donors (Lipinski definition) is 4. The zero-order valence-electron chi connectivity index (χ0n) is 18.8. The number of nitrogens with two attached hydrogens (primary N) is 2. The van der Waals surface area contributed by atoms with Gasteiger partial charge < -0.3 is 26.6 Å². The zero-order chi connectivity index (χ0) is 25.5. The number of hydrogen-bond acceptors (Lipinski definition) is 5. The first kappa shape index (κ1) is 26.3. The Morgan fingerprint density at radius 2 is 1.89 bits per heavy atom. The van der Waals surface area contributed by atoms with E-state index in [4.69, 9.17) is 39.4 Å². The van der Waals surface area contributed by atoms with E-state index in [0.29, 0.717) is 18.7 Å². The third-order valence-corrected chi connectivity index (χ3v) is 6.33. The SMILES string of the molecule is NC(N)=Nc1ccc2c(c1)[C@@H](CCC(=O)NC[C@H](CC(=O)c1c(Cl)cccc1Cl)C(=O)O)CCO2. The van der Waals surface area contributed by atoms with Crippen LogP contribution in [0.15, 0.2) is 41.4 Å². The van der Waals surface area contributed by atoms with E-state index in [1.807, 2.05) is 6.07 Å². The van der Waals surface area contributed by atoms with Crippen molar-refractivity contribution in [3.05, 3.63) is 57.6 Å². The van der Waals surface area contributed by atoms with E-state index in [-0.39, 0.29) is 52.8 Å². The lowest BCUT2D eigenvalue weighted by Crippen LogP contribution is -2.34. The number of aliphatic imine (C=N–C) groups is 1. The molecule has 0 fully saturated rings. The molecule has 1 heterocycles. The number of nitrogens with one attached hydrogen (secondary N) is 1. The quantitative estimate of drug-likeness (QED) is 0.211. The molecule has 2 aromatic rings. The van der Waals surface area contributed by atoms with Crippen LogP contribution in [0.2, 0.25) is 10.0 Å². The van der Waals surface area contributed by atoms with Crippen LogP contribution >= 0.6 is 23.2 Å². The Balaban J connectivity index is 1.57. The molecule has 3 rings (SSSR count). The van der Waals surface area contributed by atoms with Crippen molar-refractivity contribution in [1.82, 2.24) is 5.32 Å².